The Balaban J connectivity index is 1.07. The van der Waals surface area contributed by atoms with Crippen LogP contribution in [0.4, 0.5) is 11.4 Å². The quantitative estimate of drug-likeness (QED) is 0.0516. The molecule has 10 aromatic carbocycles. The molecule has 2 heterocycles. The fourth-order valence-corrected chi connectivity index (χ4v) is 17.3. The van der Waals surface area contributed by atoms with Gasteiger partial charge in [-0.2, -0.15) is 0 Å². The smallest absolute Gasteiger partial charge is 0.179 e. The van der Waals surface area contributed by atoms with Crippen LogP contribution in [-0.2, 0) is 21.7 Å². The second-order valence-corrected chi connectivity index (χ2v) is 28.1. The van der Waals surface area contributed by atoms with Gasteiger partial charge >= 0.3 is 0 Å². The fourth-order valence-electron chi connectivity index (χ4n) is 13.7. The van der Waals surface area contributed by atoms with Crippen molar-refractivity contribution in [2.75, 3.05) is 0 Å². The predicted octanol–water partition coefficient (Wildman–Crippen LogP) is 19.5. The Bertz CT molecular complexity index is 6440. The average molecular weight is 1210 g/mol. The molecule has 4 heteroatoms. The third kappa shape index (κ3) is 9.14. The first-order chi connectivity index (χ1) is 58.8. The Morgan fingerprint density at radius 2 is 1.29 bits per heavy atom. The lowest BCUT2D eigenvalue weighted by Gasteiger charge is -2.62. The van der Waals surface area contributed by atoms with Crippen LogP contribution in [0.5, 0.6) is 11.5 Å². The van der Waals surface area contributed by atoms with Crippen LogP contribution in [0.2, 0.25) is 0 Å². The highest BCUT2D eigenvalue weighted by molar-refractivity contribution is 7.16. The Morgan fingerprint density at radius 1 is 0.629 bits per heavy atom. The molecule has 5 aliphatic carbocycles. The third-order valence-corrected chi connectivity index (χ3v) is 22.2. The summed E-state index contributed by atoms with van der Waals surface area (Å²) in [7, 11) is -6.69. The van der Waals surface area contributed by atoms with Gasteiger partial charge in [-0.3, -0.25) is 0 Å². The van der Waals surface area contributed by atoms with Gasteiger partial charge in [0, 0.05) is 57.7 Å². The summed E-state index contributed by atoms with van der Waals surface area (Å²) in [4.78, 5) is 0. The fraction of sp³-hybridized carbons (Fsp3) is 0.235. The molecule has 0 saturated heterocycles. The van der Waals surface area contributed by atoms with Crippen LogP contribution in [0.1, 0.15) is 189 Å². The van der Waals surface area contributed by atoms with Crippen LogP contribution in [-0.4, -0.2) is 18.9 Å². The largest absolute Gasteiger partial charge is 0.457 e. The van der Waals surface area contributed by atoms with E-state index in [-0.39, 0.29) is 28.3 Å². The van der Waals surface area contributed by atoms with E-state index in [1.54, 1.807) is 42.5 Å². The van der Waals surface area contributed by atoms with Crippen molar-refractivity contribution < 1.29 is 56.8 Å². The van der Waals surface area contributed by atoms with Crippen molar-refractivity contribution in [3.8, 4) is 28.3 Å². The lowest BCUT2D eigenvalue weighted by molar-refractivity contribution is -0.0274. The predicted molar refractivity (Wildman–Crippen MR) is 375 cm³/mol. The molecule has 0 spiro atoms. The second kappa shape index (κ2) is 20.9. The van der Waals surface area contributed by atoms with Crippen molar-refractivity contribution in [2.24, 2.45) is 5.92 Å². The van der Waals surface area contributed by atoms with E-state index < -0.39 is 264 Å². The summed E-state index contributed by atoms with van der Waals surface area (Å²) in [5.74, 6) is -3.06. The molecular weight excluding hydrogens is 1090 g/mol. The zero-order chi connectivity index (χ0) is 93.2. The van der Waals surface area contributed by atoms with Crippen LogP contribution >= 0.6 is 0 Å². The van der Waals surface area contributed by atoms with Crippen molar-refractivity contribution >= 4 is 63.0 Å². The zero-order valence-electron chi connectivity index (χ0n) is 86.4. The molecule has 2 bridgehead atoms. The van der Waals surface area contributed by atoms with Gasteiger partial charge in [0.2, 0.25) is 0 Å². The zero-order valence-corrected chi connectivity index (χ0v) is 49.4. The average Bonchev–Trinajstić information content (AvgIpc) is 0.792. The molecule has 3 nitrogen and oxygen atoms in total. The molecule has 3 unspecified atom stereocenters. The van der Waals surface area contributed by atoms with Gasteiger partial charge in [-0.15, -0.1) is 0 Å². The molecule has 6 aliphatic rings. The van der Waals surface area contributed by atoms with Crippen LogP contribution in [0.3, 0.4) is 0 Å². The highest BCUT2D eigenvalue weighted by Gasteiger charge is 2.57. The van der Waals surface area contributed by atoms with Gasteiger partial charge < -0.3 is 13.9 Å². The number of fused-ring (bicyclic) bond motifs is 5. The topological polar surface area (TPSA) is 17.2 Å². The molecule has 0 N–H and O–H groups in total. The maximum atomic E-state index is 11.4. The van der Waals surface area contributed by atoms with Gasteiger partial charge in [0.05, 0.1) is 39.8 Å². The first kappa shape index (κ1) is 28.3. The summed E-state index contributed by atoms with van der Waals surface area (Å²) >= 11 is 0. The molecule has 3 fully saturated rings. The van der Waals surface area contributed by atoms with Gasteiger partial charge in [-0.25, -0.2) is 0 Å². The molecule has 1 aliphatic heterocycles. The van der Waals surface area contributed by atoms with E-state index in [1.165, 1.54) is 28.8 Å². The molecule has 3 saturated carbocycles. The summed E-state index contributed by atoms with van der Waals surface area (Å²) in [6.45, 7) is -11.8. The van der Waals surface area contributed by atoms with Crippen molar-refractivity contribution in [1.29, 1.82) is 0 Å². The minimum atomic E-state index is -6.69. The van der Waals surface area contributed by atoms with Gasteiger partial charge in [0.1, 0.15) is 29.1 Å². The molecule has 11 aromatic rings. The van der Waals surface area contributed by atoms with E-state index in [9.17, 15) is 39.8 Å². The lowest BCUT2D eigenvalue weighted by Crippen LogP contribution is -2.68. The molecule has 438 valence electrons. The molecular formula is C85H78N2OSi. The van der Waals surface area contributed by atoms with Crippen molar-refractivity contribution in [3.63, 3.8) is 0 Å². The Hall–Kier alpha value is -8.83. The SMILES string of the molecule is [2H]C1=C([2H])C([2H])C(c2cc(C34CC(C3)C4)cc(-c3c([2H])c([2H])c4c(c3[2H])C(C([2H])([2H])[2H])(C([2H])([2H])[2H])C([2H])([2H])C([2H])([2H])C4(C([2H])([2H])[2H])C([2H])([2H])[2H])c2[N+]2=[C-]C(c3cccc(Oc4ccc5c6ccccc6n(-c6cccc(C(C)(C)C)c6)c5c4)c3)c3ccccc32)C([2H])=C1[Si](c1c([2H])c([2H])c([2H])c([2H])c1[2H])(c1c([2H])c([2H])c([2H])c([2H])c1[2H])c1c([2H])c([2H])c([2H])c([2H])c1[2H]. The molecule has 0 radical (unpaired) electrons. The number of nitrogens with zero attached hydrogens (tertiary/aromatic N) is 2. The summed E-state index contributed by atoms with van der Waals surface area (Å²) in [5.41, 5.74) is -12.7. The lowest BCUT2D eigenvalue weighted by atomic mass is 9.42. The standard InChI is InChI=1S/C85H78N2OSi/c1-82(2,3)61-26-23-27-63(49-61)87-79-39-20-18-36-70(79)72-42-41-65(52-80(72)87)88-64-28-21-24-58(46-64)75-56-86(78-38-19-17-37-71(75)78)81-73(50-62(85-53-57(54-85)55-85)51-74(81)60-40-43-76-77(48-60)84(6,7)45-44-83(76,4)5)59-25-22-35-69(47-59)89(66-29-11-8-12-30-66,67-31-13-9-14-32-67)68-33-15-10-16-34-68/h8-24,26-43,46-52,57,59,75H,25,44-45,53-55H2,1-7H3/i4D3,5D3,6D3,7D3,8D,9D,10D,11D,12D,13D,14D,15D,16D,22D,25D,29D,30D,31D,32D,33D,34D,35D,40D,43D,44D2,45D2,47D,48D. The second-order valence-electron chi connectivity index (χ2n) is 24.6. The number of rotatable bonds is 12. The molecule has 17 rings (SSSR count). The van der Waals surface area contributed by atoms with Crippen LogP contribution in [0.15, 0.2) is 260 Å². The van der Waals surface area contributed by atoms with Gasteiger partial charge in [0.25, 0.3) is 0 Å². The molecule has 3 atom stereocenters. The van der Waals surface area contributed by atoms with E-state index in [0.717, 1.165) is 33.1 Å². The Kier molecular flexibility index (Phi) is 6.65. The van der Waals surface area contributed by atoms with E-state index in [0.29, 0.717) is 36.1 Å². The normalized spacial score (nSPS) is 29.4. The minimum Gasteiger partial charge on any atom is -0.457 e. The third-order valence-electron chi connectivity index (χ3n) is 18.2. The minimum absolute atomic E-state index is 0.0280. The summed E-state index contributed by atoms with van der Waals surface area (Å²) in [6.07, 6.45) is -7.67. The van der Waals surface area contributed by atoms with Crippen LogP contribution < -0.4 is 24.9 Å². The van der Waals surface area contributed by atoms with Gasteiger partial charge in [-0.1, -0.05) is 248 Å². The van der Waals surface area contributed by atoms with Crippen molar-refractivity contribution in [3.05, 3.63) is 298 Å². The van der Waals surface area contributed by atoms with Crippen LogP contribution in [0, 0.1) is 5.92 Å². The number of para-hydroxylation sites is 2. The maximum Gasteiger partial charge on any atom is 0.179 e. The Labute approximate surface area is 580 Å². The number of aromatic nitrogens is 1. The number of hydrogen-bond acceptors (Lipinski definition) is 1. The van der Waals surface area contributed by atoms with Crippen molar-refractivity contribution in [1.82, 2.24) is 9.14 Å². The number of allylic oxidation sites excluding steroid dienone is 4. The molecule has 0 amide bonds. The van der Waals surface area contributed by atoms with E-state index >= 15 is 0 Å². The number of benzene rings is 10. The highest BCUT2D eigenvalue weighted by atomic mass is 28.3. The van der Waals surface area contributed by atoms with Crippen molar-refractivity contribution in [2.45, 2.75) is 120 Å². The van der Waals surface area contributed by atoms with Gasteiger partial charge in [-0.05, 0) is 185 Å². The van der Waals surface area contributed by atoms with E-state index in [2.05, 4.69) is 43.7 Å². The van der Waals surface area contributed by atoms with E-state index in [1.807, 2.05) is 48.5 Å². The monoisotopic (exact) mass is 1210 g/mol. The Morgan fingerprint density at radius 3 is 1.99 bits per heavy atom. The van der Waals surface area contributed by atoms with Crippen LogP contribution in [0.25, 0.3) is 38.6 Å². The number of ether oxygens (including phenoxy) is 1. The first-order valence-corrected chi connectivity index (χ1v) is 31.3. The first-order valence-electron chi connectivity index (χ1n) is 48.4. The summed E-state index contributed by atoms with van der Waals surface area (Å²) in [6, 6.07) is 9.88. The highest BCUT2D eigenvalue weighted by Crippen LogP contribution is 2.66. The maximum absolute atomic E-state index is 11.4. The summed E-state index contributed by atoms with van der Waals surface area (Å²) < 4.78 is 378. The van der Waals surface area contributed by atoms with Gasteiger partial charge in [0.15, 0.2) is 8.07 Å². The molecule has 1 aromatic heterocycles. The molecule has 89 heavy (non-hydrogen) atoms. The number of hydrogen-bond donors (Lipinski definition) is 0. The van der Waals surface area contributed by atoms with E-state index in [4.69, 9.17) is 17.1 Å². The summed E-state index contributed by atoms with van der Waals surface area (Å²) in [5, 5.41) is -2.91.